The summed E-state index contributed by atoms with van der Waals surface area (Å²) in [7, 11) is 0. The van der Waals surface area contributed by atoms with E-state index >= 15 is 0 Å². The molecule has 350 valence electrons. The van der Waals surface area contributed by atoms with Gasteiger partial charge in [-0.2, -0.15) is 0 Å². The molecule has 8 nitrogen and oxygen atoms in total. The molecule has 0 saturated heterocycles. The molecule has 0 aliphatic carbocycles. The molecule has 0 amide bonds. The van der Waals surface area contributed by atoms with Crippen LogP contribution in [0, 0.1) is 0 Å². The smallest absolute Gasteiger partial charge is 0.343 e. The van der Waals surface area contributed by atoms with Gasteiger partial charge in [-0.05, 0) is 153 Å². The van der Waals surface area contributed by atoms with E-state index in [1.165, 1.54) is 0 Å². The standard InChI is InChI=1S/C64H46O8/c1-3-41-13-17-49(18-14-41)61(65)69-53-35-29-45(30-36-53)43-21-25-51(26-22-43)63(67)71-57-39-33-47-9-5-7-11-55(47)59(57)60-56-12-8-6-10-48(56)34-40-58(60)72-64(68)52-27-23-44(24-28-52)46-31-37-54(38-32-46)70-62(66)50-19-15-42(4-2)16-20-50/h5-40H,3-4H2,1-2H3. The number of rotatable bonds is 13. The van der Waals surface area contributed by atoms with Crippen LogP contribution in [0.5, 0.6) is 23.0 Å². The van der Waals surface area contributed by atoms with E-state index in [1.54, 1.807) is 84.9 Å². The zero-order valence-electron chi connectivity index (χ0n) is 39.5. The number of hydrogen-bond acceptors (Lipinski definition) is 8. The number of benzene rings is 10. The lowest BCUT2D eigenvalue weighted by Gasteiger charge is -2.19. The molecule has 0 saturated carbocycles. The van der Waals surface area contributed by atoms with E-state index in [0.717, 1.165) is 67.8 Å². The average molecular weight is 943 g/mol. The summed E-state index contributed by atoms with van der Waals surface area (Å²) in [5.74, 6) is -0.580. The molecule has 0 bridgehead atoms. The predicted molar refractivity (Wildman–Crippen MR) is 282 cm³/mol. The highest BCUT2D eigenvalue weighted by Crippen LogP contribution is 2.46. The van der Waals surface area contributed by atoms with Gasteiger partial charge in [0.05, 0.1) is 22.3 Å². The maximum absolute atomic E-state index is 14.1. The second kappa shape index (κ2) is 20.7. The normalized spacial score (nSPS) is 11.0. The second-order valence-electron chi connectivity index (χ2n) is 17.2. The fourth-order valence-electron chi connectivity index (χ4n) is 8.62. The molecule has 10 aromatic carbocycles. The van der Waals surface area contributed by atoms with Crippen LogP contribution in [0.1, 0.15) is 66.4 Å². The third-order valence-corrected chi connectivity index (χ3v) is 12.7. The summed E-state index contributed by atoms with van der Waals surface area (Å²) in [4.78, 5) is 53.7. The Morgan fingerprint density at radius 1 is 0.306 bits per heavy atom. The Morgan fingerprint density at radius 2 is 0.597 bits per heavy atom. The molecule has 8 heteroatoms. The number of esters is 4. The molecular formula is C64H46O8. The van der Waals surface area contributed by atoms with Crippen LogP contribution in [-0.4, -0.2) is 23.9 Å². The molecule has 0 N–H and O–H groups in total. The van der Waals surface area contributed by atoms with Crippen molar-refractivity contribution in [2.75, 3.05) is 0 Å². The van der Waals surface area contributed by atoms with E-state index in [4.69, 9.17) is 18.9 Å². The Balaban J connectivity index is 0.877. The third-order valence-electron chi connectivity index (χ3n) is 12.7. The first-order valence-corrected chi connectivity index (χ1v) is 23.7. The molecule has 0 aliphatic rings. The molecule has 0 spiro atoms. The van der Waals surface area contributed by atoms with Crippen molar-refractivity contribution in [1.29, 1.82) is 0 Å². The molecule has 10 aromatic rings. The van der Waals surface area contributed by atoms with Crippen LogP contribution in [0.2, 0.25) is 0 Å². The van der Waals surface area contributed by atoms with Crippen molar-refractivity contribution in [3.05, 3.63) is 252 Å². The van der Waals surface area contributed by atoms with Gasteiger partial charge in [0.1, 0.15) is 23.0 Å². The van der Waals surface area contributed by atoms with Gasteiger partial charge in [-0.3, -0.25) is 0 Å². The maximum Gasteiger partial charge on any atom is 0.343 e. The summed E-state index contributed by atoms with van der Waals surface area (Å²) in [6, 6.07) is 66.3. The Bertz CT molecular complexity index is 3370. The van der Waals surface area contributed by atoms with Crippen molar-refractivity contribution < 1.29 is 38.1 Å². The first-order valence-electron chi connectivity index (χ1n) is 23.7. The van der Waals surface area contributed by atoms with Gasteiger partial charge in [0, 0.05) is 11.1 Å². The monoisotopic (exact) mass is 942 g/mol. The summed E-state index contributed by atoms with van der Waals surface area (Å²) in [6.45, 7) is 4.12. The minimum absolute atomic E-state index is 0.290. The minimum atomic E-state index is -0.570. The van der Waals surface area contributed by atoms with Gasteiger partial charge in [0.15, 0.2) is 0 Å². The van der Waals surface area contributed by atoms with Crippen molar-refractivity contribution in [2.45, 2.75) is 26.7 Å². The van der Waals surface area contributed by atoms with Crippen LogP contribution in [0.4, 0.5) is 0 Å². The van der Waals surface area contributed by atoms with Crippen molar-refractivity contribution in [3.8, 4) is 56.4 Å². The molecule has 0 radical (unpaired) electrons. The van der Waals surface area contributed by atoms with Crippen LogP contribution in [0.3, 0.4) is 0 Å². The largest absolute Gasteiger partial charge is 0.423 e. The number of aryl methyl sites for hydroxylation is 2. The fourth-order valence-corrected chi connectivity index (χ4v) is 8.62. The fraction of sp³-hybridized carbons (Fsp3) is 0.0625. The van der Waals surface area contributed by atoms with E-state index in [0.29, 0.717) is 56.4 Å². The summed E-state index contributed by atoms with van der Waals surface area (Å²) in [6.07, 6.45) is 1.77. The van der Waals surface area contributed by atoms with Crippen LogP contribution in [-0.2, 0) is 12.8 Å². The summed E-state index contributed by atoms with van der Waals surface area (Å²) in [5.41, 5.74) is 8.53. The van der Waals surface area contributed by atoms with Gasteiger partial charge in [0.25, 0.3) is 0 Å². The van der Waals surface area contributed by atoms with E-state index in [2.05, 4.69) is 13.8 Å². The highest BCUT2D eigenvalue weighted by Gasteiger charge is 2.23. The first kappa shape index (κ1) is 46.3. The third kappa shape index (κ3) is 10.0. The number of ether oxygens (including phenoxy) is 4. The van der Waals surface area contributed by atoms with Crippen molar-refractivity contribution >= 4 is 45.4 Å². The highest BCUT2D eigenvalue weighted by atomic mass is 16.5. The lowest BCUT2D eigenvalue weighted by Crippen LogP contribution is -2.11. The highest BCUT2D eigenvalue weighted by molar-refractivity contribution is 6.11. The second-order valence-corrected chi connectivity index (χ2v) is 17.2. The lowest BCUT2D eigenvalue weighted by atomic mass is 9.92. The van der Waals surface area contributed by atoms with Crippen molar-refractivity contribution in [2.24, 2.45) is 0 Å². The quantitative estimate of drug-likeness (QED) is 0.0831. The lowest BCUT2D eigenvalue weighted by molar-refractivity contribution is 0.0723. The van der Waals surface area contributed by atoms with Gasteiger partial charge >= 0.3 is 23.9 Å². The Hall–Kier alpha value is -9.40. The van der Waals surface area contributed by atoms with Gasteiger partial charge < -0.3 is 18.9 Å². The van der Waals surface area contributed by atoms with E-state index in [1.807, 2.05) is 133 Å². The topological polar surface area (TPSA) is 105 Å². The number of hydrogen-bond donors (Lipinski definition) is 0. The molecule has 72 heavy (non-hydrogen) atoms. The van der Waals surface area contributed by atoms with Gasteiger partial charge in [-0.1, -0.05) is 147 Å². The molecule has 0 aliphatic heterocycles. The molecule has 0 heterocycles. The SMILES string of the molecule is CCc1ccc(C(=O)Oc2ccc(-c3ccc(C(=O)Oc4ccc5ccccc5c4-c4c(OC(=O)c5ccc(-c6ccc(OC(=O)c7ccc(CC)cc7)cc6)cc5)ccc5ccccc45)cc3)cc2)cc1. The van der Waals surface area contributed by atoms with Gasteiger partial charge in [0.2, 0.25) is 0 Å². The van der Waals surface area contributed by atoms with E-state index in [9.17, 15) is 19.2 Å². The average Bonchev–Trinajstić information content (AvgIpc) is 3.43. The van der Waals surface area contributed by atoms with Crippen LogP contribution >= 0.6 is 0 Å². The molecule has 10 rings (SSSR count). The first-order chi connectivity index (χ1) is 35.2. The summed E-state index contributed by atoms with van der Waals surface area (Å²) < 4.78 is 23.8. The number of carbonyl (C=O) groups is 4. The van der Waals surface area contributed by atoms with Gasteiger partial charge in [-0.25, -0.2) is 19.2 Å². The molecule has 0 aromatic heterocycles. The van der Waals surface area contributed by atoms with Crippen LogP contribution < -0.4 is 18.9 Å². The van der Waals surface area contributed by atoms with Crippen molar-refractivity contribution in [3.63, 3.8) is 0 Å². The summed E-state index contributed by atoms with van der Waals surface area (Å²) in [5, 5.41) is 3.39. The van der Waals surface area contributed by atoms with E-state index < -0.39 is 23.9 Å². The Morgan fingerprint density at radius 3 is 0.931 bits per heavy atom. The van der Waals surface area contributed by atoms with Crippen LogP contribution in [0.15, 0.2) is 218 Å². The maximum atomic E-state index is 14.1. The Labute approximate surface area is 416 Å². The Kier molecular flexibility index (Phi) is 13.3. The zero-order valence-corrected chi connectivity index (χ0v) is 39.5. The minimum Gasteiger partial charge on any atom is -0.423 e. The molecular weight excluding hydrogens is 897 g/mol. The predicted octanol–water partition coefficient (Wildman–Crippen LogP) is 15.0. The molecule has 0 unspecified atom stereocenters. The van der Waals surface area contributed by atoms with Crippen LogP contribution in [0.25, 0.3) is 54.9 Å². The zero-order chi connectivity index (χ0) is 49.6. The number of fused-ring (bicyclic) bond motifs is 2. The molecule has 0 atom stereocenters. The number of carbonyl (C=O) groups excluding carboxylic acids is 4. The summed E-state index contributed by atoms with van der Waals surface area (Å²) >= 11 is 0. The van der Waals surface area contributed by atoms with Crippen molar-refractivity contribution in [1.82, 2.24) is 0 Å². The van der Waals surface area contributed by atoms with Gasteiger partial charge in [-0.15, -0.1) is 0 Å². The molecule has 0 fully saturated rings. The van der Waals surface area contributed by atoms with E-state index in [-0.39, 0.29) is 0 Å².